The lowest BCUT2D eigenvalue weighted by Crippen LogP contribution is -2.80. The summed E-state index contributed by atoms with van der Waals surface area (Å²) >= 11 is 1.76. The molecule has 0 aromatic carbocycles. The SMILES string of the molecule is CN(Cc1ccsc1)CC1(N)C2CCCOC2C1(C)C. The predicted molar refractivity (Wildman–Crippen MR) is 83.8 cm³/mol. The molecule has 1 aromatic heterocycles. The van der Waals surface area contributed by atoms with E-state index in [9.17, 15) is 0 Å². The molecule has 0 amide bonds. The summed E-state index contributed by atoms with van der Waals surface area (Å²) in [5.74, 6) is 0.524. The summed E-state index contributed by atoms with van der Waals surface area (Å²) in [4.78, 5) is 2.37. The molecule has 0 bridgehead atoms. The number of likely N-dealkylation sites (N-methyl/N-ethyl adjacent to an activating group) is 1. The van der Waals surface area contributed by atoms with E-state index in [0.29, 0.717) is 12.0 Å². The number of nitrogens with two attached hydrogens (primary N) is 1. The summed E-state index contributed by atoms with van der Waals surface area (Å²) in [6, 6.07) is 2.20. The molecule has 1 aromatic rings. The second kappa shape index (κ2) is 5.09. The van der Waals surface area contributed by atoms with Crippen molar-refractivity contribution >= 4 is 11.3 Å². The molecule has 3 atom stereocenters. The van der Waals surface area contributed by atoms with Crippen molar-refractivity contribution in [2.45, 2.75) is 44.9 Å². The smallest absolute Gasteiger partial charge is 0.0690 e. The Hall–Kier alpha value is -0.420. The van der Waals surface area contributed by atoms with Crippen LogP contribution in [0.15, 0.2) is 16.8 Å². The van der Waals surface area contributed by atoms with Crippen LogP contribution in [0.5, 0.6) is 0 Å². The van der Waals surface area contributed by atoms with E-state index < -0.39 is 0 Å². The van der Waals surface area contributed by atoms with Crippen molar-refractivity contribution in [1.82, 2.24) is 4.90 Å². The molecule has 1 saturated carbocycles. The molecule has 2 fully saturated rings. The third-order valence-electron chi connectivity index (χ3n) is 5.46. The molecule has 3 nitrogen and oxygen atoms in total. The Morgan fingerprint density at radius 3 is 3.00 bits per heavy atom. The first-order valence-electron chi connectivity index (χ1n) is 7.55. The highest BCUT2D eigenvalue weighted by atomic mass is 32.1. The quantitative estimate of drug-likeness (QED) is 0.928. The highest BCUT2D eigenvalue weighted by Gasteiger charge is 2.66. The van der Waals surface area contributed by atoms with Gasteiger partial charge in [0.1, 0.15) is 0 Å². The zero-order chi connectivity index (χ0) is 14.4. The summed E-state index contributed by atoms with van der Waals surface area (Å²) in [5, 5.41) is 4.36. The van der Waals surface area contributed by atoms with Gasteiger partial charge in [-0.25, -0.2) is 0 Å². The molecule has 3 unspecified atom stereocenters. The third kappa shape index (κ3) is 2.13. The molecule has 2 aliphatic rings. The van der Waals surface area contributed by atoms with Crippen LogP contribution in [-0.2, 0) is 11.3 Å². The number of nitrogens with zero attached hydrogens (tertiary/aromatic N) is 1. The van der Waals surface area contributed by atoms with E-state index in [1.54, 1.807) is 11.3 Å². The average Bonchev–Trinajstić information content (AvgIpc) is 2.91. The lowest BCUT2D eigenvalue weighted by atomic mass is 9.46. The maximum atomic E-state index is 6.85. The van der Waals surface area contributed by atoms with Crippen LogP contribution >= 0.6 is 11.3 Å². The van der Waals surface area contributed by atoms with Gasteiger partial charge in [0.15, 0.2) is 0 Å². The van der Waals surface area contributed by atoms with Gasteiger partial charge in [-0.15, -0.1) is 0 Å². The van der Waals surface area contributed by atoms with E-state index >= 15 is 0 Å². The second-order valence-electron chi connectivity index (χ2n) is 7.11. The standard InChI is InChI=1S/C16H26N2OS/c1-15(2)14-13(5-4-7-19-14)16(15,17)11-18(3)9-12-6-8-20-10-12/h6,8,10,13-14H,4-5,7,9,11,17H2,1-3H3. The Kier molecular flexibility index (Phi) is 3.70. The van der Waals surface area contributed by atoms with Crippen LogP contribution in [0, 0.1) is 11.3 Å². The van der Waals surface area contributed by atoms with Crippen LogP contribution in [-0.4, -0.2) is 36.7 Å². The number of rotatable bonds is 4. The predicted octanol–water partition coefficient (Wildman–Crippen LogP) is 2.71. The van der Waals surface area contributed by atoms with Gasteiger partial charge >= 0.3 is 0 Å². The highest BCUT2D eigenvalue weighted by Crippen LogP contribution is 2.57. The van der Waals surface area contributed by atoms with Crippen LogP contribution < -0.4 is 5.73 Å². The Labute approximate surface area is 126 Å². The maximum absolute atomic E-state index is 6.85. The fourth-order valence-corrected chi connectivity index (χ4v) is 4.84. The van der Waals surface area contributed by atoms with E-state index in [-0.39, 0.29) is 11.0 Å². The fraction of sp³-hybridized carbons (Fsp3) is 0.750. The Morgan fingerprint density at radius 1 is 1.50 bits per heavy atom. The van der Waals surface area contributed by atoms with Gasteiger partial charge < -0.3 is 15.4 Å². The van der Waals surface area contributed by atoms with Crippen LogP contribution in [0.4, 0.5) is 0 Å². The zero-order valence-electron chi connectivity index (χ0n) is 12.8. The Balaban J connectivity index is 1.68. The van der Waals surface area contributed by atoms with Crippen molar-refractivity contribution < 1.29 is 4.74 Å². The first-order valence-corrected chi connectivity index (χ1v) is 8.49. The molecular weight excluding hydrogens is 268 g/mol. The van der Waals surface area contributed by atoms with Crippen LogP contribution in [0.1, 0.15) is 32.3 Å². The summed E-state index contributed by atoms with van der Waals surface area (Å²) < 4.78 is 5.98. The number of ether oxygens (including phenoxy) is 1. The maximum Gasteiger partial charge on any atom is 0.0690 e. The topological polar surface area (TPSA) is 38.5 Å². The summed E-state index contributed by atoms with van der Waals surface area (Å²) in [6.45, 7) is 7.39. The first-order chi connectivity index (χ1) is 9.45. The summed E-state index contributed by atoms with van der Waals surface area (Å²) in [6.07, 6.45) is 2.73. The largest absolute Gasteiger partial charge is 0.377 e. The molecule has 20 heavy (non-hydrogen) atoms. The summed E-state index contributed by atoms with van der Waals surface area (Å²) in [5.41, 5.74) is 8.18. The van der Waals surface area contributed by atoms with Gasteiger partial charge in [0, 0.05) is 36.6 Å². The van der Waals surface area contributed by atoms with E-state index in [1.165, 1.54) is 12.0 Å². The average molecular weight is 294 g/mol. The minimum absolute atomic E-state index is 0.0704. The number of hydrogen-bond donors (Lipinski definition) is 1. The van der Waals surface area contributed by atoms with Crippen molar-refractivity contribution in [2.75, 3.05) is 20.2 Å². The van der Waals surface area contributed by atoms with Crippen LogP contribution in [0.25, 0.3) is 0 Å². The third-order valence-corrected chi connectivity index (χ3v) is 6.19. The molecular formula is C16H26N2OS. The lowest BCUT2D eigenvalue weighted by molar-refractivity contribution is -0.231. The molecule has 1 aliphatic heterocycles. The Morgan fingerprint density at radius 2 is 2.30 bits per heavy atom. The van der Waals surface area contributed by atoms with E-state index in [2.05, 4.69) is 42.6 Å². The molecule has 2 heterocycles. The van der Waals surface area contributed by atoms with E-state index in [1.807, 2.05) is 0 Å². The molecule has 2 N–H and O–H groups in total. The first kappa shape index (κ1) is 14.5. The molecule has 1 aliphatic carbocycles. The number of thiophene rings is 1. The van der Waals surface area contributed by atoms with Crippen molar-refractivity contribution in [3.05, 3.63) is 22.4 Å². The van der Waals surface area contributed by atoms with Crippen LogP contribution in [0.2, 0.25) is 0 Å². The molecule has 0 radical (unpaired) electrons. The van der Waals surface area contributed by atoms with Crippen molar-refractivity contribution in [2.24, 2.45) is 17.1 Å². The van der Waals surface area contributed by atoms with Gasteiger partial charge in [0.05, 0.1) is 6.10 Å². The van der Waals surface area contributed by atoms with Crippen molar-refractivity contribution in [3.8, 4) is 0 Å². The fourth-order valence-electron chi connectivity index (χ4n) is 4.18. The number of hydrogen-bond acceptors (Lipinski definition) is 4. The van der Waals surface area contributed by atoms with Gasteiger partial charge in [-0.05, 0) is 42.3 Å². The Bertz CT molecular complexity index is 459. The lowest BCUT2D eigenvalue weighted by Gasteiger charge is -2.67. The van der Waals surface area contributed by atoms with Crippen molar-refractivity contribution in [1.29, 1.82) is 0 Å². The zero-order valence-corrected chi connectivity index (χ0v) is 13.6. The summed E-state index contributed by atoms with van der Waals surface area (Å²) in [7, 11) is 2.18. The molecule has 3 rings (SSSR count). The molecule has 4 heteroatoms. The van der Waals surface area contributed by atoms with Gasteiger partial charge in [0.2, 0.25) is 0 Å². The normalized spacial score (nSPS) is 35.6. The van der Waals surface area contributed by atoms with Gasteiger partial charge in [-0.2, -0.15) is 11.3 Å². The highest BCUT2D eigenvalue weighted by molar-refractivity contribution is 7.07. The van der Waals surface area contributed by atoms with Crippen LogP contribution in [0.3, 0.4) is 0 Å². The van der Waals surface area contributed by atoms with Gasteiger partial charge in [0.25, 0.3) is 0 Å². The molecule has 112 valence electrons. The minimum Gasteiger partial charge on any atom is -0.377 e. The molecule has 1 saturated heterocycles. The minimum atomic E-state index is -0.122. The van der Waals surface area contributed by atoms with Gasteiger partial charge in [-0.3, -0.25) is 0 Å². The van der Waals surface area contributed by atoms with Crippen molar-refractivity contribution in [3.63, 3.8) is 0 Å². The number of fused-ring (bicyclic) bond motifs is 1. The monoisotopic (exact) mass is 294 g/mol. The molecule has 0 spiro atoms. The van der Waals surface area contributed by atoms with E-state index in [4.69, 9.17) is 10.5 Å². The van der Waals surface area contributed by atoms with E-state index in [0.717, 1.165) is 26.1 Å². The second-order valence-corrected chi connectivity index (χ2v) is 7.89. The van der Waals surface area contributed by atoms with Gasteiger partial charge in [-0.1, -0.05) is 13.8 Å².